The van der Waals surface area contributed by atoms with Crippen LogP contribution in [0, 0.1) is 5.82 Å². The number of hydrazine groups is 1. The van der Waals surface area contributed by atoms with Crippen LogP contribution in [-0.4, -0.2) is 17.0 Å². The fourth-order valence-electron chi connectivity index (χ4n) is 1.45. The summed E-state index contributed by atoms with van der Waals surface area (Å²) in [6, 6.07) is 4.96. The smallest absolute Gasteiger partial charge is 0.142 e. The highest BCUT2D eigenvalue weighted by Gasteiger charge is 2.13. The number of hydrogen-bond donors (Lipinski definition) is 2. The number of nitrogens with one attached hydrogen (secondary N) is 1. The Kier molecular flexibility index (Phi) is 6.27. The molecule has 0 spiro atoms. The summed E-state index contributed by atoms with van der Waals surface area (Å²) in [6.07, 6.45) is 0.632. The topological polar surface area (TPSA) is 38.0 Å². The molecule has 1 rings (SSSR count). The third kappa shape index (κ3) is 4.84. The maximum Gasteiger partial charge on any atom is 0.142 e. The highest BCUT2D eigenvalue weighted by molar-refractivity contribution is 7.99. The summed E-state index contributed by atoms with van der Waals surface area (Å²) in [5.74, 6) is 5.99. The molecule has 1 atom stereocenters. The molecule has 0 radical (unpaired) electrons. The van der Waals surface area contributed by atoms with Gasteiger partial charge in [-0.25, -0.2) is 4.39 Å². The van der Waals surface area contributed by atoms with Crippen LogP contribution in [0.5, 0.6) is 0 Å². The van der Waals surface area contributed by atoms with E-state index in [-0.39, 0.29) is 16.9 Å². The zero-order valence-corrected chi connectivity index (χ0v) is 11.6. The van der Waals surface area contributed by atoms with Crippen LogP contribution in [-0.2, 0) is 6.42 Å². The van der Waals surface area contributed by atoms with Gasteiger partial charge >= 0.3 is 0 Å². The van der Waals surface area contributed by atoms with Crippen molar-refractivity contribution in [3.63, 3.8) is 0 Å². The first-order valence-corrected chi connectivity index (χ1v) is 6.98. The number of rotatable bonds is 6. The Bertz CT molecular complexity index is 360. The van der Waals surface area contributed by atoms with Crippen LogP contribution in [0.25, 0.3) is 0 Å². The van der Waals surface area contributed by atoms with Gasteiger partial charge in [0.25, 0.3) is 0 Å². The number of thioether (sulfide) groups is 1. The molecule has 0 saturated carbocycles. The molecule has 0 aliphatic rings. The Hall–Kier alpha value is -0.290. The van der Waals surface area contributed by atoms with Gasteiger partial charge in [-0.05, 0) is 23.3 Å². The van der Waals surface area contributed by atoms with E-state index in [1.807, 2.05) is 17.8 Å². The summed E-state index contributed by atoms with van der Waals surface area (Å²) in [7, 11) is 0. The van der Waals surface area contributed by atoms with Crippen LogP contribution in [0.2, 0.25) is 5.02 Å². The van der Waals surface area contributed by atoms with Crippen LogP contribution in [0.15, 0.2) is 18.2 Å². The Morgan fingerprint density at radius 3 is 2.76 bits per heavy atom. The molecule has 1 unspecified atom stereocenters. The molecule has 1 aromatic carbocycles. The minimum absolute atomic E-state index is 0.0988. The average Bonchev–Trinajstić information content (AvgIpc) is 2.29. The van der Waals surface area contributed by atoms with Crippen LogP contribution in [0.3, 0.4) is 0 Å². The molecule has 2 nitrogen and oxygen atoms in total. The van der Waals surface area contributed by atoms with E-state index in [0.29, 0.717) is 11.7 Å². The van der Waals surface area contributed by atoms with E-state index in [1.165, 1.54) is 6.07 Å². The third-order valence-electron chi connectivity index (χ3n) is 2.36. The lowest BCUT2D eigenvalue weighted by Crippen LogP contribution is -2.39. The quantitative estimate of drug-likeness (QED) is 0.620. The summed E-state index contributed by atoms with van der Waals surface area (Å²) in [4.78, 5) is 0. The molecule has 0 fully saturated rings. The maximum atomic E-state index is 13.3. The second kappa shape index (κ2) is 7.21. The SMILES string of the molecule is CC(C)SCC(Cc1cccc(F)c1Cl)NN. The zero-order valence-electron chi connectivity index (χ0n) is 10.0. The van der Waals surface area contributed by atoms with E-state index in [1.54, 1.807) is 6.07 Å². The molecular formula is C12H18ClFN2S. The van der Waals surface area contributed by atoms with E-state index in [2.05, 4.69) is 19.3 Å². The second-order valence-corrected chi connectivity index (χ2v) is 6.15. The highest BCUT2D eigenvalue weighted by atomic mass is 35.5. The minimum Gasteiger partial charge on any atom is -0.271 e. The molecule has 17 heavy (non-hydrogen) atoms. The van der Waals surface area contributed by atoms with Crippen LogP contribution >= 0.6 is 23.4 Å². The molecule has 0 aliphatic heterocycles. The molecule has 5 heteroatoms. The van der Waals surface area contributed by atoms with Crippen molar-refractivity contribution in [1.82, 2.24) is 5.43 Å². The summed E-state index contributed by atoms with van der Waals surface area (Å²) in [5.41, 5.74) is 3.54. The van der Waals surface area contributed by atoms with Crippen molar-refractivity contribution in [3.05, 3.63) is 34.6 Å². The predicted molar refractivity (Wildman–Crippen MR) is 73.8 cm³/mol. The van der Waals surface area contributed by atoms with Gasteiger partial charge in [0.05, 0.1) is 5.02 Å². The van der Waals surface area contributed by atoms with Gasteiger partial charge in [-0.1, -0.05) is 37.6 Å². The third-order valence-corrected chi connectivity index (χ3v) is 4.05. The van der Waals surface area contributed by atoms with Gasteiger partial charge < -0.3 is 0 Å². The molecule has 0 heterocycles. The number of nitrogens with two attached hydrogens (primary N) is 1. The molecular weight excluding hydrogens is 259 g/mol. The Balaban J connectivity index is 2.64. The van der Waals surface area contributed by atoms with E-state index < -0.39 is 0 Å². The molecule has 0 aromatic heterocycles. The standard InChI is InChI=1S/C12H18ClFN2S/c1-8(2)17-7-10(16-15)6-9-4-3-5-11(14)12(9)13/h3-5,8,10,16H,6-7,15H2,1-2H3. The first-order chi connectivity index (χ1) is 8.04. The van der Waals surface area contributed by atoms with Crippen molar-refractivity contribution in [2.75, 3.05) is 5.75 Å². The van der Waals surface area contributed by atoms with Gasteiger partial charge in [-0.15, -0.1) is 0 Å². The van der Waals surface area contributed by atoms with Crippen molar-refractivity contribution in [2.24, 2.45) is 5.84 Å². The zero-order chi connectivity index (χ0) is 12.8. The lowest BCUT2D eigenvalue weighted by atomic mass is 10.1. The fourth-order valence-corrected chi connectivity index (χ4v) is 2.48. The second-order valence-electron chi connectivity index (χ2n) is 4.16. The fraction of sp³-hybridized carbons (Fsp3) is 0.500. The van der Waals surface area contributed by atoms with Gasteiger partial charge in [-0.3, -0.25) is 11.3 Å². The normalized spacial score (nSPS) is 13.1. The summed E-state index contributed by atoms with van der Waals surface area (Å²) >= 11 is 7.72. The van der Waals surface area contributed by atoms with Gasteiger partial charge in [0.1, 0.15) is 5.82 Å². The van der Waals surface area contributed by atoms with Crippen molar-refractivity contribution >= 4 is 23.4 Å². The highest BCUT2D eigenvalue weighted by Crippen LogP contribution is 2.22. The van der Waals surface area contributed by atoms with Crippen molar-refractivity contribution in [1.29, 1.82) is 0 Å². The molecule has 0 aliphatic carbocycles. The van der Waals surface area contributed by atoms with Crippen molar-refractivity contribution in [2.45, 2.75) is 31.6 Å². The molecule has 0 bridgehead atoms. The largest absolute Gasteiger partial charge is 0.271 e. The number of hydrogen-bond acceptors (Lipinski definition) is 3. The average molecular weight is 277 g/mol. The van der Waals surface area contributed by atoms with E-state index >= 15 is 0 Å². The minimum atomic E-state index is -0.378. The first-order valence-electron chi connectivity index (χ1n) is 5.55. The van der Waals surface area contributed by atoms with E-state index in [9.17, 15) is 4.39 Å². The maximum absolute atomic E-state index is 13.3. The molecule has 0 amide bonds. The van der Waals surface area contributed by atoms with Gasteiger partial charge in [0, 0.05) is 11.8 Å². The number of halogens is 2. The Morgan fingerprint density at radius 2 is 2.18 bits per heavy atom. The van der Waals surface area contributed by atoms with Gasteiger partial charge in [-0.2, -0.15) is 11.8 Å². The molecule has 3 N–H and O–H groups in total. The van der Waals surface area contributed by atoms with Crippen molar-refractivity contribution in [3.8, 4) is 0 Å². The van der Waals surface area contributed by atoms with E-state index in [0.717, 1.165) is 11.3 Å². The van der Waals surface area contributed by atoms with Gasteiger partial charge in [0.2, 0.25) is 0 Å². The first kappa shape index (κ1) is 14.8. The Labute approximate surface area is 111 Å². The number of benzene rings is 1. The van der Waals surface area contributed by atoms with E-state index in [4.69, 9.17) is 17.4 Å². The summed E-state index contributed by atoms with van der Waals surface area (Å²) in [5, 5.41) is 0.746. The van der Waals surface area contributed by atoms with Crippen LogP contribution in [0.4, 0.5) is 4.39 Å². The predicted octanol–water partition coefficient (Wildman–Crippen LogP) is 3.00. The monoisotopic (exact) mass is 276 g/mol. The summed E-state index contributed by atoms with van der Waals surface area (Å²) < 4.78 is 13.3. The molecule has 96 valence electrons. The Morgan fingerprint density at radius 1 is 1.47 bits per heavy atom. The lowest BCUT2D eigenvalue weighted by Gasteiger charge is -2.17. The lowest BCUT2D eigenvalue weighted by molar-refractivity contribution is 0.570. The van der Waals surface area contributed by atoms with Gasteiger partial charge in [0.15, 0.2) is 0 Å². The molecule has 1 aromatic rings. The molecule has 0 saturated heterocycles. The van der Waals surface area contributed by atoms with Crippen LogP contribution < -0.4 is 11.3 Å². The van der Waals surface area contributed by atoms with Crippen LogP contribution in [0.1, 0.15) is 19.4 Å². The van der Waals surface area contributed by atoms with Crippen molar-refractivity contribution < 1.29 is 4.39 Å². The summed E-state index contributed by atoms with van der Waals surface area (Å²) in [6.45, 7) is 4.26.